The van der Waals surface area contributed by atoms with Crippen LogP contribution in [0.5, 0.6) is 0 Å². The minimum absolute atomic E-state index is 0.148. The molecule has 2 amide bonds. The van der Waals surface area contributed by atoms with E-state index in [1.165, 1.54) is 4.90 Å². The van der Waals surface area contributed by atoms with Crippen LogP contribution in [0.3, 0.4) is 0 Å². The van der Waals surface area contributed by atoms with Gasteiger partial charge in [0.2, 0.25) is 5.91 Å². The van der Waals surface area contributed by atoms with Gasteiger partial charge in [-0.15, -0.1) is 0 Å². The second-order valence-corrected chi connectivity index (χ2v) is 7.94. The largest absolute Gasteiger partial charge is 0.350 e. The van der Waals surface area contributed by atoms with Crippen LogP contribution in [-0.2, 0) is 9.59 Å². The second kappa shape index (κ2) is 9.13. The first-order valence-electron chi connectivity index (χ1n) is 9.36. The van der Waals surface area contributed by atoms with E-state index < -0.39 is 29.4 Å². The molecule has 1 aromatic rings. The summed E-state index contributed by atoms with van der Waals surface area (Å²) >= 11 is 0. The maximum atomic E-state index is 13.3. The van der Waals surface area contributed by atoms with Crippen molar-refractivity contribution in [2.45, 2.75) is 52.6 Å². The maximum Gasteiger partial charge on any atom is 0.299 e. The Hall–Kier alpha value is -2.49. The standard InChI is InChI=1S/C21H25F3N2O2/c1-12(2)7-15-11-26(18(8-13(3)4)21(28)25-15)19(27)6-5-14-9-16(22)20(24)17(23)10-14/h9-10,12-13,15,18H,7-8,11H2,1-4H3,(H,25,28)/t15-,18-/m0/s1. The van der Waals surface area contributed by atoms with Crippen molar-refractivity contribution in [2.75, 3.05) is 6.54 Å². The number of rotatable bonds is 4. The lowest BCUT2D eigenvalue weighted by molar-refractivity contribution is -0.142. The van der Waals surface area contributed by atoms with Crippen molar-refractivity contribution in [1.82, 2.24) is 10.2 Å². The normalized spacial score (nSPS) is 19.5. The summed E-state index contributed by atoms with van der Waals surface area (Å²) in [5.74, 6) is 0.0832. The van der Waals surface area contributed by atoms with E-state index in [1.807, 2.05) is 27.7 Å². The number of piperazine rings is 1. The van der Waals surface area contributed by atoms with E-state index in [9.17, 15) is 22.8 Å². The number of hydrogen-bond acceptors (Lipinski definition) is 2. The molecule has 0 radical (unpaired) electrons. The van der Waals surface area contributed by atoms with Gasteiger partial charge in [-0.1, -0.05) is 33.6 Å². The first-order valence-corrected chi connectivity index (χ1v) is 9.36. The van der Waals surface area contributed by atoms with E-state index in [4.69, 9.17) is 0 Å². The molecule has 2 atom stereocenters. The number of nitrogens with one attached hydrogen (secondary N) is 1. The number of nitrogens with zero attached hydrogens (tertiary/aromatic N) is 1. The molecule has 2 rings (SSSR count). The molecule has 0 saturated carbocycles. The molecule has 4 nitrogen and oxygen atoms in total. The summed E-state index contributed by atoms with van der Waals surface area (Å²) in [7, 11) is 0. The van der Waals surface area contributed by atoms with Gasteiger partial charge in [0.05, 0.1) is 0 Å². The zero-order valence-corrected chi connectivity index (χ0v) is 16.5. The molecule has 7 heteroatoms. The molecule has 0 spiro atoms. The molecule has 0 bridgehead atoms. The predicted molar refractivity (Wildman–Crippen MR) is 99.5 cm³/mol. The van der Waals surface area contributed by atoms with Crippen molar-refractivity contribution in [3.8, 4) is 11.8 Å². The van der Waals surface area contributed by atoms with Gasteiger partial charge in [0.25, 0.3) is 5.91 Å². The van der Waals surface area contributed by atoms with E-state index in [0.29, 0.717) is 25.3 Å². The summed E-state index contributed by atoms with van der Waals surface area (Å²) in [5, 5.41) is 2.96. The lowest BCUT2D eigenvalue weighted by Crippen LogP contribution is -2.61. The molecule has 152 valence electrons. The number of hydrogen-bond donors (Lipinski definition) is 1. The summed E-state index contributed by atoms with van der Waals surface area (Å²) < 4.78 is 39.7. The zero-order chi connectivity index (χ0) is 21.0. The Bertz CT molecular complexity index is 789. The van der Waals surface area contributed by atoms with Crippen LogP contribution < -0.4 is 5.32 Å². The fraction of sp³-hybridized carbons (Fsp3) is 0.524. The number of benzene rings is 1. The van der Waals surface area contributed by atoms with Gasteiger partial charge in [0.15, 0.2) is 17.5 Å². The molecule has 1 fully saturated rings. The van der Waals surface area contributed by atoms with Crippen LogP contribution in [0, 0.1) is 41.1 Å². The lowest BCUT2D eigenvalue weighted by Gasteiger charge is -2.39. The molecular weight excluding hydrogens is 369 g/mol. The minimum Gasteiger partial charge on any atom is -0.350 e. The molecule has 1 heterocycles. The van der Waals surface area contributed by atoms with Gasteiger partial charge in [0.1, 0.15) is 6.04 Å². The van der Waals surface area contributed by atoms with E-state index in [1.54, 1.807) is 0 Å². The number of amides is 2. The highest BCUT2D eigenvalue weighted by Gasteiger charge is 2.37. The Kier molecular flexibility index (Phi) is 7.11. The Labute approximate surface area is 163 Å². The van der Waals surface area contributed by atoms with Crippen LogP contribution in [-0.4, -0.2) is 35.3 Å². The second-order valence-electron chi connectivity index (χ2n) is 7.94. The lowest BCUT2D eigenvalue weighted by atomic mass is 9.95. The number of carbonyl (C=O) groups is 2. The van der Waals surface area contributed by atoms with Crippen LogP contribution in [0.2, 0.25) is 0 Å². The molecule has 0 aliphatic carbocycles. The fourth-order valence-corrected chi connectivity index (χ4v) is 3.28. The summed E-state index contributed by atoms with van der Waals surface area (Å²) in [4.78, 5) is 26.7. The number of halogens is 3. The van der Waals surface area contributed by atoms with Crippen molar-refractivity contribution in [1.29, 1.82) is 0 Å². The van der Waals surface area contributed by atoms with Crippen LogP contribution in [0.1, 0.15) is 46.1 Å². The van der Waals surface area contributed by atoms with Gasteiger partial charge in [-0.3, -0.25) is 9.59 Å². The van der Waals surface area contributed by atoms with E-state index >= 15 is 0 Å². The van der Waals surface area contributed by atoms with Crippen molar-refractivity contribution < 1.29 is 22.8 Å². The van der Waals surface area contributed by atoms with Gasteiger partial charge in [-0.2, -0.15) is 0 Å². The van der Waals surface area contributed by atoms with Crippen molar-refractivity contribution in [2.24, 2.45) is 11.8 Å². The fourth-order valence-electron chi connectivity index (χ4n) is 3.28. The SMILES string of the molecule is CC(C)C[C@H]1CN(C(=O)C#Cc2cc(F)c(F)c(F)c2)[C@@H](CC(C)C)C(=O)N1. The first kappa shape index (κ1) is 21.8. The quantitative estimate of drug-likeness (QED) is 0.630. The summed E-state index contributed by atoms with van der Waals surface area (Å²) in [6.07, 6.45) is 1.19. The van der Waals surface area contributed by atoms with Gasteiger partial charge in [-0.25, -0.2) is 13.2 Å². The maximum absolute atomic E-state index is 13.3. The van der Waals surface area contributed by atoms with Crippen LogP contribution in [0.4, 0.5) is 13.2 Å². The average Bonchev–Trinajstić information content (AvgIpc) is 2.58. The van der Waals surface area contributed by atoms with E-state index in [2.05, 4.69) is 17.2 Å². The smallest absolute Gasteiger partial charge is 0.299 e. The van der Waals surface area contributed by atoms with Crippen molar-refractivity contribution in [3.05, 3.63) is 35.1 Å². The van der Waals surface area contributed by atoms with Gasteiger partial charge >= 0.3 is 0 Å². The Morgan fingerprint density at radius 2 is 1.71 bits per heavy atom. The molecule has 1 aliphatic heterocycles. The third-order valence-corrected chi connectivity index (χ3v) is 4.45. The summed E-state index contributed by atoms with van der Waals surface area (Å²) in [6.45, 7) is 8.27. The molecular formula is C21H25F3N2O2. The molecule has 0 unspecified atom stereocenters. The van der Waals surface area contributed by atoms with Crippen LogP contribution >= 0.6 is 0 Å². The Morgan fingerprint density at radius 1 is 1.14 bits per heavy atom. The first-order chi connectivity index (χ1) is 13.1. The molecule has 1 aliphatic rings. The van der Waals surface area contributed by atoms with Gasteiger partial charge in [-0.05, 0) is 36.8 Å². The average molecular weight is 394 g/mol. The third kappa shape index (κ3) is 5.51. The monoisotopic (exact) mass is 394 g/mol. The molecule has 1 aromatic carbocycles. The van der Waals surface area contributed by atoms with Crippen molar-refractivity contribution >= 4 is 11.8 Å². The van der Waals surface area contributed by atoms with Crippen LogP contribution in [0.15, 0.2) is 12.1 Å². The molecule has 0 aromatic heterocycles. The summed E-state index contributed by atoms with van der Waals surface area (Å²) in [6, 6.07) is 0.637. The van der Waals surface area contributed by atoms with Gasteiger partial charge < -0.3 is 10.2 Å². The predicted octanol–water partition coefficient (Wildman–Crippen LogP) is 3.24. The topological polar surface area (TPSA) is 49.4 Å². The Balaban J connectivity index is 2.26. The summed E-state index contributed by atoms with van der Waals surface area (Å²) in [5.41, 5.74) is -0.148. The zero-order valence-electron chi connectivity index (χ0n) is 16.5. The third-order valence-electron chi connectivity index (χ3n) is 4.45. The van der Waals surface area contributed by atoms with Crippen molar-refractivity contribution in [3.63, 3.8) is 0 Å². The molecule has 28 heavy (non-hydrogen) atoms. The minimum atomic E-state index is -1.59. The van der Waals surface area contributed by atoms with E-state index in [-0.39, 0.29) is 23.4 Å². The van der Waals surface area contributed by atoms with Gasteiger partial charge in [0, 0.05) is 24.1 Å². The highest BCUT2D eigenvalue weighted by atomic mass is 19.2. The van der Waals surface area contributed by atoms with Crippen LogP contribution in [0.25, 0.3) is 0 Å². The van der Waals surface area contributed by atoms with E-state index in [0.717, 1.165) is 12.1 Å². The molecule has 1 saturated heterocycles. The highest BCUT2D eigenvalue weighted by molar-refractivity contribution is 5.98. The highest BCUT2D eigenvalue weighted by Crippen LogP contribution is 2.20. The number of carbonyl (C=O) groups excluding carboxylic acids is 2. The molecule has 1 N–H and O–H groups in total. The Morgan fingerprint density at radius 3 is 2.25 bits per heavy atom.